The molecule has 0 aliphatic carbocycles. The zero-order valence-electron chi connectivity index (χ0n) is 6.69. The van der Waals surface area contributed by atoms with Crippen molar-refractivity contribution >= 4 is 0 Å². The summed E-state index contributed by atoms with van der Waals surface area (Å²) in [5.41, 5.74) is 0. The average molecular weight is 246 g/mol. The highest BCUT2D eigenvalue weighted by Crippen LogP contribution is 2.52. The SMILES string of the molecule is [CH2]C(F)C(F)(F)C(F)(F)C(F)(F)[C](F)F. The molecule has 2 radical (unpaired) electrons. The van der Waals surface area contributed by atoms with Crippen LogP contribution in [0.2, 0.25) is 0 Å². The van der Waals surface area contributed by atoms with E-state index in [2.05, 4.69) is 0 Å². The van der Waals surface area contributed by atoms with Gasteiger partial charge in [0.1, 0.15) is 0 Å². The fraction of sp³-hybridized carbons (Fsp3) is 0.667. The van der Waals surface area contributed by atoms with Gasteiger partial charge in [-0.05, 0) is 6.92 Å². The molecule has 0 rings (SSSR count). The van der Waals surface area contributed by atoms with E-state index in [1.807, 2.05) is 0 Å². The van der Waals surface area contributed by atoms with Crippen molar-refractivity contribution in [3.8, 4) is 0 Å². The quantitative estimate of drug-likeness (QED) is 0.666. The van der Waals surface area contributed by atoms with Crippen LogP contribution in [0.25, 0.3) is 0 Å². The van der Waals surface area contributed by atoms with Crippen LogP contribution in [-0.4, -0.2) is 23.9 Å². The summed E-state index contributed by atoms with van der Waals surface area (Å²) < 4.78 is 107. The van der Waals surface area contributed by atoms with E-state index in [0.717, 1.165) is 0 Å². The summed E-state index contributed by atoms with van der Waals surface area (Å²) in [5.74, 6) is -19.0. The summed E-state index contributed by atoms with van der Waals surface area (Å²) >= 11 is 0. The van der Waals surface area contributed by atoms with Gasteiger partial charge < -0.3 is 0 Å². The van der Waals surface area contributed by atoms with E-state index in [4.69, 9.17) is 0 Å². The molecular weight excluding hydrogens is 243 g/mol. The van der Waals surface area contributed by atoms with Crippen molar-refractivity contribution in [2.75, 3.05) is 0 Å². The summed E-state index contributed by atoms with van der Waals surface area (Å²) in [6.45, 7) is 1.77. The molecule has 0 aromatic heterocycles. The molecular formula is C6H3F9. The smallest absolute Gasteiger partial charge is 0.241 e. The van der Waals surface area contributed by atoms with E-state index in [9.17, 15) is 39.5 Å². The number of hydrogen-bond acceptors (Lipinski definition) is 0. The fourth-order valence-electron chi connectivity index (χ4n) is 0.525. The van der Waals surface area contributed by atoms with Crippen molar-refractivity contribution in [1.82, 2.24) is 0 Å². The highest BCUT2D eigenvalue weighted by molar-refractivity contribution is 5.06. The molecule has 0 amide bonds. The van der Waals surface area contributed by atoms with Gasteiger partial charge in [0, 0.05) is 0 Å². The molecule has 0 aromatic rings. The van der Waals surface area contributed by atoms with E-state index in [1.165, 1.54) is 0 Å². The first-order valence-corrected chi connectivity index (χ1v) is 3.18. The number of hydrogen-bond donors (Lipinski definition) is 0. The van der Waals surface area contributed by atoms with Gasteiger partial charge >= 0.3 is 24.2 Å². The summed E-state index contributed by atoms with van der Waals surface area (Å²) in [6, 6.07) is 0. The van der Waals surface area contributed by atoms with E-state index >= 15 is 0 Å². The molecule has 0 aliphatic rings. The molecule has 9 heteroatoms. The number of halogens is 9. The standard InChI is InChI=1S/C6H3F9/c1-2(7)4(10,11)6(14,15)5(12,13)3(8)9/h2H,1H2. The second-order valence-electron chi connectivity index (χ2n) is 2.50. The van der Waals surface area contributed by atoms with E-state index in [0.29, 0.717) is 0 Å². The highest BCUT2D eigenvalue weighted by Gasteiger charge is 2.77. The lowest BCUT2D eigenvalue weighted by atomic mass is 10.0. The van der Waals surface area contributed by atoms with Crippen molar-refractivity contribution in [3.63, 3.8) is 0 Å². The van der Waals surface area contributed by atoms with Crippen molar-refractivity contribution in [2.45, 2.75) is 23.9 Å². The second-order valence-corrected chi connectivity index (χ2v) is 2.50. The van der Waals surface area contributed by atoms with E-state index in [1.54, 1.807) is 6.92 Å². The summed E-state index contributed by atoms with van der Waals surface area (Å²) in [7, 11) is 0. The van der Waals surface area contributed by atoms with Crippen LogP contribution in [-0.2, 0) is 0 Å². The van der Waals surface area contributed by atoms with Crippen molar-refractivity contribution in [2.24, 2.45) is 0 Å². The minimum Gasteiger partial charge on any atom is -0.241 e. The Bertz CT molecular complexity index is 197. The van der Waals surface area contributed by atoms with Crippen LogP contribution in [0.1, 0.15) is 0 Å². The topological polar surface area (TPSA) is 0 Å². The molecule has 0 bridgehead atoms. The maximum absolute atomic E-state index is 12.2. The molecule has 0 N–H and O–H groups in total. The minimum atomic E-state index is -6.56. The molecule has 0 heterocycles. The normalized spacial score (nSPS) is 17.0. The third-order valence-corrected chi connectivity index (χ3v) is 1.44. The summed E-state index contributed by atoms with van der Waals surface area (Å²) in [5, 5.41) is 0. The maximum atomic E-state index is 12.2. The van der Waals surface area contributed by atoms with Gasteiger partial charge in [0.2, 0.25) is 0 Å². The summed E-state index contributed by atoms with van der Waals surface area (Å²) in [4.78, 5) is 0. The zero-order valence-corrected chi connectivity index (χ0v) is 6.69. The molecule has 15 heavy (non-hydrogen) atoms. The second kappa shape index (κ2) is 3.75. The lowest BCUT2D eigenvalue weighted by Crippen LogP contribution is -2.58. The van der Waals surface area contributed by atoms with Crippen LogP contribution in [0.15, 0.2) is 0 Å². The Morgan fingerprint density at radius 3 is 1.47 bits per heavy atom. The Morgan fingerprint density at radius 2 is 1.27 bits per heavy atom. The summed E-state index contributed by atoms with van der Waals surface area (Å²) in [6.07, 6.45) is -8.18. The zero-order chi connectivity index (χ0) is 12.7. The maximum Gasteiger partial charge on any atom is 0.385 e. The molecule has 0 spiro atoms. The molecule has 0 nitrogen and oxygen atoms in total. The van der Waals surface area contributed by atoms with Crippen LogP contribution < -0.4 is 0 Å². The molecule has 0 aliphatic heterocycles. The van der Waals surface area contributed by atoms with Crippen molar-refractivity contribution in [1.29, 1.82) is 0 Å². The first-order chi connectivity index (χ1) is 6.39. The first-order valence-electron chi connectivity index (χ1n) is 3.18. The van der Waals surface area contributed by atoms with Crippen molar-refractivity contribution < 1.29 is 39.5 Å². The van der Waals surface area contributed by atoms with Gasteiger partial charge in [0.15, 0.2) is 6.17 Å². The van der Waals surface area contributed by atoms with Gasteiger partial charge in [-0.15, -0.1) is 0 Å². The third kappa shape index (κ3) is 2.00. The fourth-order valence-corrected chi connectivity index (χ4v) is 0.525. The highest BCUT2D eigenvalue weighted by atomic mass is 19.4. The monoisotopic (exact) mass is 246 g/mol. The lowest BCUT2D eigenvalue weighted by Gasteiger charge is -2.32. The van der Waals surface area contributed by atoms with Gasteiger partial charge in [-0.25, -0.2) is 4.39 Å². The molecule has 0 saturated carbocycles. The van der Waals surface area contributed by atoms with Crippen LogP contribution in [0.3, 0.4) is 0 Å². The average Bonchev–Trinajstić information content (AvgIpc) is 2.02. The third-order valence-electron chi connectivity index (χ3n) is 1.44. The Labute approximate surface area is 78.1 Å². The van der Waals surface area contributed by atoms with Gasteiger partial charge in [0.25, 0.3) is 0 Å². The number of rotatable bonds is 4. The largest absolute Gasteiger partial charge is 0.385 e. The Balaban J connectivity index is 5.30. The van der Waals surface area contributed by atoms with Gasteiger partial charge in [-0.1, -0.05) is 0 Å². The lowest BCUT2D eigenvalue weighted by molar-refractivity contribution is -0.328. The molecule has 0 fully saturated rings. The number of alkyl halides is 7. The predicted octanol–water partition coefficient (Wildman–Crippen LogP) is 3.49. The first kappa shape index (κ1) is 14.4. The van der Waals surface area contributed by atoms with E-state index < -0.39 is 30.4 Å². The van der Waals surface area contributed by atoms with Gasteiger partial charge in [-0.2, -0.15) is 35.1 Å². The van der Waals surface area contributed by atoms with Gasteiger partial charge in [-0.3, -0.25) is 0 Å². The van der Waals surface area contributed by atoms with Crippen LogP contribution in [0.4, 0.5) is 39.5 Å². The Hall–Kier alpha value is -0.630. The van der Waals surface area contributed by atoms with Crippen LogP contribution in [0, 0.1) is 13.3 Å². The molecule has 0 aromatic carbocycles. The Kier molecular flexibility index (Phi) is 3.59. The molecule has 1 unspecified atom stereocenters. The van der Waals surface area contributed by atoms with Crippen LogP contribution >= 0.6 is 0 Å². The van der Waals surface area contributed by atoms with E-state index in [-0.39, 0.29) is 0 Å². The molecule has 0 saturated heterocycles. The van der Waals surface area contributed by atoms with Crippen molar-refractivity contribution in [3.05, 3.63) is 13.3 Å². The van der Waals surface area contributed by atoms with Gasteiger partial charge in [0.05, 0.1) is 0 Å². The minimum absolute atomic E-state index is 1.77. The molecule has 90 valence electrons. The molecule has 1 atom stereocenters. The predicted molar refractivity (Wildman–Crippen MR) is 30.6 cm³/mol. The Morgan fingerprint density at radius 1 is 0.933 bits per heavy atom. The van der Waals surface area contributed by atoms with Crippen LogP contribution in [0.5, 0.6) is 0 Å².